The highest BCUT2D eigenvalue weighted by Crippen LogP contribution is 1.99. The van der Waals surface area contributed by atoms with Gasteiger partial charge >= 0.3 is 0 Å². The van der Waals surface area contributed by atoms with Crippen LogP contribution in [-0.2, 0) is 11.2 Å². The van der Waals surface area contributed by atoms with E-state index in [-0.39, 0.29) is 11.9 Å². The molecule has 0 aromatic carbocycles. The minimum Gasteiger partial charge on any atom is -0.355 e. The number of hydrogen-bond acceptors (Lipinski definition) is 3. The van der Waals surface area contributed by atoms with Gasteiger partial charge < -0.3 is 11.1 Å². The highest BCUT2D eigenvalue weighted by molar-refractivity contribution is 5.76. The molecule has 1 aromatic rings. The first-order chi connectivity index (χ1) is 8.09. The molecule has 1 unspecified atom stereocenters. The number of nitrogens with zero attached hydrogens (tertiary/aromatic N) is 1. The van der Waals surface area contributed by atoms with Gasteiger partial charge in [0.15, 0.2) is 0 Å². The number of pyridine rings is 1. The zero-order valence-corrected chi connectivity index (χ0v) is 10.5. The Morgan fingerprint density at radius 1 is 1.47 bits per heavy atom. The Kier molecular flexibility index (Phi) is 5.63. The Balaban J connectivity index is 2.22. The molecular weight excluding hydrogens is 214 g/mol. The quantitative estimate of drug-likeness (QED) is 0.776. The molecule has 0 radical (unpaired) electrons. The van der Waals surface area contributed by atoms with Crippen molar-refractivity contribution in [3.8, 4) is 0 Å². The maximum absolute atomic E-state index is 11.5. The molecule has 0 bridgehead atoms. The molecule has 3 N–H and O–H groups in total. The van der Waals surface area contributed by atoms with E-state index in [0.29, 0.717) is 25.3 Å². The number of nitrogens with one attached hydrogen (secondary N) is 1. The molecule has 0 aliphatic rings. The molecule has 0 aliphatic carbocycles. The number of amides is 1. The molecule has 0 spiro atoms. The van der Waals surface area contributed by atoms with E-state index in [1.807, 2.05) is 32.0 Å². The van der Waals surface area contributed by atoms with Crippen molar-refractivity contribution in [2.75, 3.05) is 6.54 Å². The standard InChI is InChI=1S/C13H21N3O/c1-10(2)12(14)9-16-13(17)7-6-11-5-3-4-8-15-11/h3-5,8,10,12H,6-7,9,14H2,1-2H3,(H,16,17). The van der Waals surface area contributed by atoms with Gasteiger partial charge in [0.1, 0.15) is 0 Å². The largest absolute Gasteiger partial charge is 0.355 e. The summed E-state index contributed by atoms with van der Waals surface area (Å²) in [6, 6.07) is 5.74. The molecule has 17 heavy (non-hydrogen) atoms. The monoisotopic (exact) mass is 235 g/mol. The lowest BCUT2D eigenvalue weighted by atomic mass is 10.1. The molecule has 4 heteroatoms. The fourth-order valence-electron chi connectivity index (χ4n) is 1.34. The summed E-state index contributed by atoms with van der Waals surface area (Å²) in [5, 5.41) is 2.84. The molecule has 0 fully saturated rings. The summed E-state index contributed by atoms with van der Waals surface area (Å²) in [5.74, 6) is 0.415. The first-order valence-electron chi connectivity index (χ1n) is 6.01. The number of rotatable bonds is 6. The van der Waals surface area contributed by atoms with E-state index in [2.05, 4.69) is 10.3 Å². The van der Waals surface area contributed by atoms with Crippen LogP contribution in [0.5, 0.6) is 0 Å². The predicted molar refractivity (Wildman–Crippen MR) is 68.4 cm³/mol. The molecular formula is C13H21N3O. The van der Waals surface area contributed by atoms with E-state index in [1.54, 1.807) is 6.20 Å². The average molecular weight is 235 g/mol. The number of nitrogens with two attached hydrogens (primary N) is 1. The number of carbonyl (C=O) groups is 1. The smallest absolute Gasteiger partial charge is 0.220 e. The van der Waals surface area contributed by atoms with Crippen molar-refractivity contribution in [3.63, 3.8) is 0 Å². The van der Waals surface area contributed by atoms with Crippen molar-refractivity contribution >= 4 is 5.91 Å². The molecule has 94 valence electrons. The van der Waals surface area contributed by atoms with E-state index in [1.165, 1.54) is 0 Å². The molecule has 4 nitrogen and oxygen atoms in total. The van der Waals surface area contributed by atoms with Gasteiger partial charge in [-0.05, 0) is 24.5 Å². The van der Waals surface area contributed by atoms with Crippen molar-refractivity contribution in [1.29, 1.82) is 0 Å². The van der Waals surface area contributed by atoms with Crippen LogP contribution in [0, 0.1) is 5.92 Å². The van der Waals surface area contributed by atoms with Crippen LogP contribution in [0.3, 0.4) is 0 Å². The van der Waals surface area contributed by atoms with Gasteiger partial charge in [-0.3, -0.25) is 9.78 Å². The van der Waals surface area contributed by atoms with Gasteiger partial charge in [-0.1, -0.05) is 19.9 Å². The Morgan fingerprint density at radius 2 is 2.24 bits per heavy atom. The second-order valence-corrected chi connectivity index (χ2v) is 4.53. The normalized spacial score (nSPS) is 12.5. The van der Waals surface area contributed by atoms with E-state index in [4.69, 9.17) is 5.73 Å². The van der Waals surface area contributed by atoms with Crippen LogP contribution in [0.25, 0.3) is 0 Å². The second kappa shape index (κ2) is 7.01. The number of carbonyl (C=O) groups excluding carboxylic acids is 1. The fraction of sp³-hybridized carbons (Fsp3) is 0.538. The lowest BCUT2D eigenvalue weighted by molar-refractivity contribution is -0.121. The van der Waals surface area contributed by atoms with E-state index in [9.17, 15) is 4.79 Å². The van der Waals surface area contributed by atoms with Crippen LogP contribution in [-0.4, -0.2) is 23.5 Å². The van der Waals surface area contributed by atoms with Crippen LogP contribution >= 0.6 is 0 Å². The summed E-state index contributed by atoms with van der Waals surface area (Å²) in [6.07, 6.45) is 2.87. The third kappa shape index (κ3) is 5.45. The Morgan fingerprint density at radius 3 is 2.82 bits per heavy atom. The van der Waals surface area contributed by atoms with E-state index < -0.39 is 0 Å². The Bertz CT molecular complexity index is 338. The maximum atomic E-state index is 11.5. The van der Waals surface area contributed by atoms with Gasteiger partial charge in [0.2, 0.25) is 5.91 Å². The third-order valence-corrected chi connectivity index (χ3v) is 2.73. The van der Waals surface area contributed by atoms with Crippen LogP contribution in [0.2, 0.25) is 0 Å². The van der Waals surface area contributed by atoms with Crippen LogP contribution in [0.15, 0.2) is 24.4 Å². The summed E-state index contributed by atoms with van der Waals surface area (Å²) in [6.45, 7) is 4.63. The predicted octanol–water partition coefficient (Wildman–Crippen LogP) is 1.11. The van der Waals surface area contributed by atoms with Gasteiger partial charge in [0, 0.05) is 30.9 Å². The summed E-state index contributed by atoms with van der Waals surface area (Å²) >= 11 is 0. The fourth-order valence-corrected chi connectivity index (χ4v) is 1.34. The summed E-state index contributed by atoms with van der Waals surface area (Å²) in [7, 11) is 0. The molecule has 0 aliphatic heterocycles. The van der Waals surface area contributed by atoms with Crippen molar-refractivity contribution < 1.29 is 4.79 Å². The Labute approximate surface area is 103 Å². The topological polar surface area (TPSA) is 68.0 Å². The first-order valence-corrected chi connectivity index (χ1v) is 6.01. The SMILES string of the molecule is CC(C)C(N)CNC(=O)CCc1ccccn1. The maximum Gasteiger partial charge on any atom is 0.220 e. The molecule has 0 saturated heterocycles. The number of aryl methyl sites for hydroxylation is 1. The molecule has 1 heterocycles. The number of aromatic nitrogens is 1. The molecule has 1 rings (SSSR count). The van der Waals surface area contributed by atoms with Crippen LogP contribution in [0.4, 0.5) is 0 Å². The minimum absolute atomic E-state index is 0.0220. The van der Waals surface area contributed by atoms with Crippen LogP contribution < -0.4 is 11.1 Å². The van der Waals surface area contributed by atoms with Crippen LogP contribution in [0.1, 0.15) is 26.0 Å². The zero-order chi connectivity index (χ0) is 12.7. The summed E-state index contributed by atoms with van der Waals surface area (Å²) in [4.78, 5) is 15.7. The molecule has 1 atom stereocenters. The third-order valence-electron chi connectivity index (χ3n) is 2.73. The highest BCUT2D eigenvalue weighted by atomic mass is 16.1. The minimum atomic E-state index is 0.0220. The lowest BCUT2D eigenvalue weighted by Gasteiger charge is -2.15. The van der Waals surface area contributed by atoms with Crippen molar-refractivity contribution in [3.05, 3.63) is 30.1 Å². The van der Waals surface area contributed by atoms with Gasteiger partial charge in [0.25, 0.3) is 0 Å². The van der Waals surface area contributed by atoms with E-state index >= 15 is 0 Å². The van der Waals surface area contributed by atoms with Crippen molar-refractivity contribution in [2.24, 2.45) is 11.7 Å². The summed E-state index contributed by atoms with van der Waals surface area (Å²) in [5.41, 5.74) is 6.79. The lowest BCUT2D eigenvalue weighted by Crippen LogP contribution is -2.40. The molecule has 1 aromatic heterocycles. The first kappa shape index (κ1) is 13.6. The second-order valence-electron chi connectivity index (χ2n) is 4.53. The summed E-state index contributed by atoms with van der Waals surface area (Å²) < 4.78 is 0. The van der Waals surface area contributed by atoms with Gasteiger partial charge in [-0.2, -0.15) is 0 Å². The average Bonchev–Trinajstić information content (AvgIpc) is 2.34. The van der Waals surface area contributed by atoms with Crippen molar-refractivity contribution in [2.45, 2.75) is 32.7 Å². The van der Waals surface area contributed by atoms with Gasteiger partial charge in [-0.25, -0.2) is 0 Å². The number of hydrogen-bond donors (Lipinski definition) is 2. The molecule has 0 saturated carbocycles. The molecule has 1 amide bonds. The zero-order valence-electron chi connectivity index (χ0n) is 10.5. The van der Waals surface area contributed by atoms with Crippen molar-refractivity contribution in [1.82, 2.24) is 10.3 Å². The van der Waals surface area contributed by atoms with Gasteiger partial charge in [0.05, 0.1) is 0 Å². The van der Waals surface area contributed by atoms with E-state index in [0.717, 1.165) is 5.69 Å². The van der Waals surface area contributed by atoms with Gasteiger partial charge in [-0.15, -0.1) is 0 Å². The highest BCUT2D eigenvalue weighted by Gasteiger charge is 2.09. The Hall–Kier alpha value is -1.42.